The quantitative estimate of drug-likeness (QED) is 0.918. The van der Waals surface area contributed by atoms with Crippen LogP contribution in [0.1, 0.15) is 42.8 Å². The van der Waals surface area contributed by atoms with E-state index in [0.717, 1.165) is 28.6 Å². The highest BCUT2D eigenvalue weighted by Gasteiger charge is 2.16. The summed E-state index contributed by atoms with van der Waals surface area (Å²) in [7, 11) is 0. The van der Waals surface area contributed by atoms with Crippen molar-refractivity contribution >= 4 is 15.9 Å². The Labute approximate surface area is 121 Å². The van der Waals surface area contributed by atoms with Crippen molar-refractivity contribution in [1.82, 2.24) is 9.55 Å². The maximum absolute atomic E-state index is 9.67. The minimum Gasteiger partial charge on any atom is -0.389 e. The molecule has 0 saturated carbocycles. The molecule has 0 amide bonds. The number of hydrogen-bond acceptors (Lipinski definition) is 2. The van der Waals surface area contributed by atoms with E-state index >= 15 is 0 Å². The lowest BCUT2D eigenvalue weighted by Gasteiger charge is -2.15. The third kappa shape index (κ3) is 2.35. The van der Waals surface area contributed by atoms with Crippen LogP contribution in [0.15, 0.2) is 29.0 Å². The summed E-state index contributed by atoms with van der Waals surface area (Å²) in [6, 6.07) is 6.07. The van der Waals surface area contributed by atoms with Crippen molar-refractivity contribution in [2.45, 2.75) is 38.7 Å². The van der Waals surface area contributed by atoms with Gasteiger partial charge in [0.15, 0.2) is 0 Å². The largest absolute Gasteiger partial charge is 0.389 e. The van der Waals surface area contributed by atoms with E-state index in [1.807, 2.05) is 18.5 Å². The maximum atomic E-state index is 9.67. The van der Waals surface area contributed by atoms with Crippen LogP contribution in [0.3, 0.4) is 0 Å². The van der Waals surface area contributed by atoms with Gasteiger partial charge in [-0.2, -0.15) is 0 Å². The molecule has 3 rings (SSSR count). The lowest BCUT2D eigenvalue weighted by Crippen LogP contribution is -2.07. The predicted molar refractivity (Wildman–Crippen MR) is 78.5 cm³/mol. The summed E-state index contributed by atoms with van der Waals surface area (Å²) < 4.78 is 3.11. The van der Waals surface area contributed by atoms with Gasteiger partial charge in [-0.05, 0) is 50.3 Å². The monoisotopic (exact) mass is 320 g/mol. The third-order valence-corrected chi connectivity index (χ3v) is 4.43. The molecule has 1 atom stereocenters. The molecule has 0 spiro atoms. The van der Waals surface area contributed by atoms with Crippen LogP contribution in [0.25, 0.3) is 5.69 Å². The van der Waals surface area contributed by atoms with Gasteiger partial charge in [0.1, 0.15) is 0 Å². The Morgan fingerprint density at radius 1 is 1.32 bits per heavy atom. The number of aliphatic hydroxyl groups is 1. The summed E-state index contributed by atoms with van der Waals surface area (Å²) in [4.78, 5) is 4.52. The molecule has 0 unspecified atom stereocenters. The highest BCUT2D eigenvalue weighted by molar-refractivity contribution is 9.10. The number of benzene rings is 1. The lowest BCUT2D eigenvalue weighted by molar-refractivity contribution is 0.198. The number of imidazole rings is 1. The fourth-order valence-electron chi connectivity index (χ4n) is 2.70. The van der Waals surface area contributed by atoms with Gasteiger partial charge in [0, 0.05) is 15.9 Å². The molecule has 19 heavy (non-hydrogen) atoms. The molecule has 1 heterocycles. The van der Waals surface area contributed by atoms with Gasteiger partial charge in [0.05, 0.1) is 18.1 Å². The van der Waals surface area contributed by atoms with Gasteiger partial charge in [-0.15, -0.1) is 0 Å². The maximum Gasteiger partial charge on any atom is 0.0997 e. The molecule has 1 aromatic carbocycles. The molecule has 4 heteroatoms. The Kier molecular flexibility index (Phi) is 3.46. The van der Waals surface area contributed by atoms with Gasteiger partial charge in [-0.25, -0.2) is 4.98 Å². The van der Waals surface area contributed by atoms with E-state index in [2.05, 4.69) is 31.5 Å². The number of aromatic nitrogens is 2. The summed E-state index contributed by atoms with van der Waals surface area (Å²) in [5.41, 5.74) is 4.59. The average Bonchev–Trinajstić information content (AvgIpc) is 2.82. The number of rotatable bonds is 2. The Morgan fingerprint density at radius 3 is 2.84 bits per heavy atom. The van der Waals surface area contributed by atoms with Crippen molar-refractivity contribution < 1.29 is 5.11 Å². The van der Waals surface area contributed by atoms with E-state index in [9.17, 15) is 5.11 Å². The molecule has 0 saturated heterocycles. The van der Waals surface area contributed by atoms with Crippen molar-refractivity contribution in [3.63, 3.8) is 0 Å². The second-order valence-corrected chi connectivity index (χ2v) is 5.95. The molecule has 0 aliphatic heterocycles. The normalized spacial score (nSPS) is 16.2. The van der Waals surface area contributed by atoms with Gasteiger partial charge >= 0.3 is 0 Å². The van der Waals surface area contributed by atoms with Gasteiger partial charge in [0.25, 0.3) is 0 Å². The first-order valence-electron chi connectivity index (χ1n) is 6.70. The van der Waals surface area contributed by atoms with Crippen molar-refractivity contribution in [3.8, 4) is 5.69 Å². The topological polar surface area (TPSA) is 38.0 Å². The SMILES string of the molecule is C[C@@H](O)c1ccc(-n2cnc3c2CCCC3)cc1Br. The van der Waals surface area contributed by atoms with Gasteiger partial charge in [-0.1, -0.05) is 22.0 Å². The summed E-state index contributed by atoms with van der Waals surface area (Å²) in [5, 5.41) is 9.67. The Balaban J connectivity index is 2.03. The fourth-order valence-corrected chi connectivity index (χ4v) is 3.39. The molecule has 1 aliphatic carbocycles. The van der Waals surface area contributed by atoms with Crippen LogP contribution < -0.4 is 0 Å². The minimum atomic E-state index is -0.458. The van der Waals surface area contributed by atoms with E-state index in [-0.39, 0.29) is 0 Å². The summed E-state index contributed by atoms with van der Waals surface area (Å²) in [6.45, 7) is 1.78. The van der Waals surface area contributed by atoms with Crippen molar-refractivity contribution in [2.75, 3.05) is 0 Å². The zero-order valence-corrected chi connectivity index (χ0v) is 12.5. The number of fused-ring (bicyclic) bond motifs is 1. The average molecular weight is 321 g/mol. The molecule has 0 fully saturated rings. The standard InChI is InChI=1S/C15H17BrN2O/c1-10(19)12-7-6-11(8-13(12)16)18-9-17-14-4-2-3-5-15(14)18/h6-10,19H,2-5H2,1H3/t10-/m1/s1. The van der Waals surface area contributed by atoms with Gasteiger partial charge < -0.3 is 9.67 Å². The van der Waals surface area contributed by atoms with Crippen LogP contribution in [0.2, 0.25) is 0 Å². The zero-order chi connectivity index (χ0) is 13.4. The van der Waals surface area contributed by atoms with E-state index < -0.39 is 6.10 Å². The Morgan fingerprint density at radius 2 is 2.11 bits per heavy atom. The van der Waals surface area contributed by atoms with E-state index in [4.69, 9.17) is 0 Å². The lowest BCUT2D eigenvalue weighted by atomic mass is 10.0. The number of halogens is 1. The number of nitrogens with zero attached hydrogens (tertiary/aromatic N) is 2. The summed E-state index contributed by atoms with van der Waals surface area (Å²) >= 11 is 3.54. The van der Waals surface area contributed by atoms with E-state index in [0.29, 0.717) is 0 Å². The van der Waals surface area contributed by atoms with E-state index in [1.54, 1.807) is 6.92 Å². The first-order valence-corrected chi connectivity index (χ1v) is 7.49. The Bertz CT molecular complexity index is 604. The van der Waals surface area contributed by atoms with Crippen LogP contribution in [0.4, 0.5) is 0 Å². The van der Waals surface area contributed by atoms with Crippen molar-refractivity contribution in [2.24, 2.45) is 0 Å². The molecule has 0 radical (unpaired) electrons. The van der Waals surface area contributed by atoms with Crippen molar-refractivity contribution in [1.29, 1.82) is 0 Å². The Hall–Kier alpha value is -1.13. The van der Waals surface area contributed by atoms with Crippen LogP contribution in [-0.4, -0.2) is 14.7 Å². The highest BCUT2D eigenvalue weighted by Crippen LogP contribution is 2.28. The smallest absolute Gasteiger partial charge is 0.0997 e. The number of hydrogen-bond donors (Lipinski definition) is 1. The second kappa shape index (κ2) is 5.10. The number of aliphatic hydroxyl groups excluding tert-OH is 1. The van der Waals surface area contributed by atoms with Crippen LogP contribution in [-0.2, 0) is 12.8 Å². The van der Waals surface area contributed by atoms with Gasteiger partial charge in [0.2, 0.25) is 0 Å². The molecule has 100 valence electrons. The van der Waals surface area contributed by atoms with E-state index in [1.165, 1.54) is 24.2 Å². The molecule has 0 bridgehead atoms. The van der Waals surface area contributed by atoms with Crippen LogP contribution in [0, 0.1) is 0 Å². The molecule has 2 aromatic rings. The zero-order valence-electron chi connectivity index (χ0n) is 10.9. The van der Waals surface area contributed by atoms with Crippen LogP contribution in [0.5, 0.6) is 0 Å². The predicted octanol–water partition coefficient (Wildman–Crippen LogP) is 3.57. The highest BCUT2D eigenvalue weighted by atomic mass is 79.9. The third-order valence-electron chi connectivity index (χ3n) is 3.74. The molecular weight excluding hydrogens is 304 g/mol. The molecule has 1 aromatic heterocycles. The molecule has 3 nitrogen and oxygen atoms in total. The van der Waals surface area contributed by atoms with Gasteiger partial charge in [-0.3, -0.25) is 0 Å². The minimum absolute atomic E-state index is 0.458. The van der Waals surface area contributed by atoms with Crippen LogP contribution >= 0.6 is 15.9 Å². The first kappa shape index (κ1) is 12.9. The number of aryl methyl sites for hydroxylation is 1. The summed E-state index contributed by atoms with van der Waals surface area (Å²) in [6.07, 6.45) is 6.14. The summed E-state index contributed by atoms with van der Waals surface area (Å²) in [5.74, 6) is 0. The van der Waals surface area contributed by atoms with Crippen molar-refractivity contribution in [3.05, 3.63) is 46.0 Å². The second-order valence-electron chi connectivity index (χ2n) is 5.10. The first-order chi connectivity index (χ1) is 9.16. The molecule has 1 aliphatic rings. The molecular formula is C15H17BrN2O. The molecule has 1 N–H and O–H groups in total. The fraction of sp³-hybridized carbons (Fsp3) is 0.400.